The van der Waals surface area contributed by atoms with Crippen LogP contribution >= 0.6 is 54.5 Å². The average molecular weight is 501 g/mol. The molecule has 104 valence electrons. The molecule has 0 radical (unpaired) electrons. The third kappa shape index (κ3) is 4.43. The predicted molar refractivity (Wildman–Crippen MR) is 93.9 cm³/mol. The van der Waals surface area contributed by atoms with Crippen molar-refractivity contribution in [3.63, 3.8) is 0 Å². The molecule has 0 saturated heterocycles. The smallest absolute Gasteiger partial charge is 0.252 e. The van der Waals surface area contributed by atoms with Gasteiger partial charge in [-0.15, -0.1) is 0 Å². The second-order valence-electron chi connectivity index (χ2n) is 4.89. The van der Waals surface area contributed by atoms with E-state index >= 15 is 0 Å². The highest BCUT2D eigenvalue weighted by atomic mass is 127. The fourth-order valence-electron chi connectivity index (χ4n) is 2.38. The Labute approximate surface area is 144 Å². The fraction of sp³-hybridized carbons (Fsp3) is 0.500. The SMILES string of the molecule is O=C(NCC1CCCCC1Br)c1cc(Br)ccc1I. The summed E-state index contributed by atoms with van der Waals surface area (Å²) in [6.07, 6.45) is 4.99. The second-order valence-corrected chi connectivity index (χ2v) is 8.15. The van der Waals surface area contributed by atoms with E-state index in [2.05, 4.69) is 59.8 Å². The van der Waals surface area contributed by atoms with Gasteiger partial charge in [-0.3, -0.25) is 4.79 Å². The Hall–Kier alpha value is 0.380. The fourth-order valence-corrected chi connectivity index (χ4v) is 4.10. The van der Waals surface area contributed by atoms with Gasteiger partial charge in [-0.05, 0) is 59.5 Å². The maximum absolute atomic E-state index is 12.2. The van der Waals surface area contributed by atoms with Crippen LogP contribution in [-0.4, -0.2) is 17.3 Å². The molecule has 1 amide bonds. The van der Waals surface area contributed by atoms with Gasteiger partial charge in [0.15, 0.2) is 0 Å². The van der Waals surface area contributed by atoms with E-state index in [1.165, 1.54) is 25.7 Å². The topological polar surface area (TPSA) is 29.1 Å². The second kappa shape index (κ2) is 7.41. The first kappa shape index (κ1) is 15.8. The van der Waals surface area contributed by atoms with E-state index in [4.69, 9.17) is 0 Å². The molecule has 1 aliphatic carbocycles. The van der Waals surface area contributed by atoms with Gasteiger partial charge in [0.05, 0.1) is 5.56 Å². The Bertz CT molecular complexity index is 467. The number of nitrogens with one attached hydrogen (secondary N) is 1. The minimum atomic E-state index is 0.0240. The molecule has 0 heterocycles. The molecule has 1 aromatic rings. The number of benzene rings is 1. The number of carbonyl (C=O) groups is 1. The average Bonchev–Trinajstić information content (AvgIpc) is 2.40. The van der Waals surface area contributed by atoms with Crippen LogP contribution in [0.3, 0.4) is 0 Å². The van der Waals surface area contributed by atoms with E-state index in [0.29, 0.717) is 10.7 Å². The van der Waals surface area contributed by atoms with Crippen LogP contribution in [0.4, 0.5) is 0 Å². The summed E-state index contributed by atoms with van der Waals surface area (Å²) in [6.45, 7) is 0.761. The van der Waals surface area contributed by atoms with Crippen LogP contribution in [0.2, 0.25) is 0 Å². The third-order valence-electron chi connectivity index (χ3n) is 3.51. The molecule has 0 aliphatic heterocycles. The molecule has 2 unspecified atom stereocenters. The van der Waals surface area contributed by atoms with Crippen molar-refractivity contribution >= 4 is 60.4 Å². The summed E-state index contributed by atoms with van der Waals surface area (Å²) < 4.78 is 1.92. The summed E-state index contributed by atoms with van der Waals surface area (Å²) in [6, 6.07) is 5.78. The molecule has 2 atom stereocenters. The third-order valence-corrected chi connectivity index (χ3v) is 6.15. The van der Waals surface area contributed by atoms with Crippen LogP contribution in [0.1, 0.15) is 36.0 Å². The van der Waals surface area contributed by atoms with Gasteiger partial charge in [-0.1, -0.05) is 44.7 Å². The summed E-state index contributed by atoms with van der Waals surface area (Å²) in [7, 11) is 0. The maximum atomic E-state index is 12.2. The van der Waals surface area contributed by atoms with Crippen LogP contribution in [-0.2, 0) is 0 Å². The van der Waals surface area contributed by atoms with Crippen molar-refractivity contribution in [1.82, 2.24) is 5.32 Å². The number of carbonyl (C=O) groups excluding carboxylic acids is 1. The highest BCUT2D eigenvalue weighted by Crippen LogP contribution is 2.29. The van der Waals surface area contributed by atoms with Crippen LogP contribution < -0.4 is 5.32 Å². The lowest BCUT2D eigenvalue weighted by atomic mass is 9.89. The quantitative estimate of drug-likeness (QED) is 0.471. The monoisotopic (exact) mass is 499 g/mol. The van der Waals surface area contributed by atoms with Gasteiger partial charge >= 0.3 is 0 Å². The van der Waals surface area contributed by atoms with E-state index in [1.54, 1.807) is 0 Å². The number of alkyl halides is 1. The summed E-state index contributed by atoms with van der Waals surface area (Å²) >= 11 is 9.34. The lowest BCUT2D eigenvalue weighted by Crippen LogP contribution is -2.34. The van der Waals surface area contributed by atoms with Crippen molar-refractivity contribution in [3.05, 3.63) is 31.8 Å². The minimum Gasteiger partial charge on any atom is -0.352 e. The number of rotatable bonds is 3. The normalized spacial score (nSPS) is 23.1. The molecule has 5 heteroatoms. The molecule has 1 N–H and O–H groups in total. The van der Waals surface area contributed by atoms with Gasteiger partial charge in [-0.2, -0.15) is 0 Å². The summed E-state index contributed by atoms with van der Waals surface area (Å²) in [5.41, 5.74) is 0.747. The zero-order chi connectivity index (χ0) is 13.8. The molecule has 19 heavy (non-hydrogen) atoms. The highest BCUT2D eigenvalue weighted by molar-refractivity contribution is 14.1. The molecule has 0 aromatic heterocycles. The van der Waals surface area contributed by atoms with Crippen molar-refractivity contribution in [2.75, 3.05) is 6.54 Å². The van der Waals surface area contributed by atoms with Crippen molar-refractivity contribution in [2.24, 2.45) is 5.92 Å². The van der Waals surface area contributed by atoms with Gasteiger partial charge < -0.3 is 5.32 Å². The number of halogens is 3. The maximum Gasteiger partial charge on any atom is 0.252 e. The lowest BCUT2D eigenvalue weighted by Gasteiger charge is -2.27. The first-order valence-corrected chi connectivity index (χ1v) is 9.24. The van der Waals surface area contributed by atoms with Gasteiger partial charge in [-0.25, -0.2) is 0 Å². The first-order valence-electron chi connectivity index (χ1n) is 6.45. The Balaban J connectivity index is 1.95. The van der Waals surface area contributed by atoms with Gasteiger partial charge in [0.1, 0.15) is 0 Å². The molecule has 2 rings (SSSR count). The molecule has 1 fully saturated rings. The molecule has 0 spiro atoms. The van der Waals surface area contributed by atoms with Crippen molar-refractivity contribution < 1.29 is 4.79 Å². The Morgan fingerprint density at radius 2 is 2.11 bits per heavy atom. The van der Waals surface area contributed by atoms with Gasteiger partial charge in [0.2, 0.25) is 0 Å². The summed E-state index contributed by atoms with van der Waals surface area (Å²) in [5.74, 6) is 0.582. The van der Waals surface area contributed by atoms with Crippen molar-refractivity contribution in [3.8, 4) is 0 Å². The van der Waals surface area contributed by atoms with Crippen LogP contribution in [0, 0.1) is 9.49 Å². The molecular formula is C14H16Br2INO. The van der Waals surface area contributed by atoms with E-state index in [1.807, 2.05) is 18.2 Å². The van der Waals surface area contributed by atoms with Gasteiger partial charge in [0.25, 0.3) is 5.91 Å². The number of hydrogen-bond donors (Lipinski definition) is 1. The Morgan fingerprint density at radius 1 is 1.37 bits per heavy atom. The molecule has 1 aromatic carbocycles. The van der Waals surface area contributed by atoms with E-state index in [9.17, 15) is 4.79 Å². The summed E-state index contributed by atoms with van der Waals surface area (Å²) in [5, 5.41) is 3.07. The van der Waals surface area contributed by atoms with Crippen LogP contribution in [0.25, 0.3) is 0 Å². The zero-order valence-corrected chi connectivity index (χ0v) is 15.8. The zero-order valence-electron chi connectivity index (χ0n) is 10.5. The summed E-state index contributed by atoms with van der Waals surface area (Å²) in [4.78, 5) is 12.8. The highest BCUT2D eigenvalue weighted by Gasteiger charge is 2.23. The first-order chi connectivity index (χ1) is 9.08. The van der Waals surface area contributed by atoms with Crippen LogP contribution in [0.5, 0.6) is 0 Å². The van der Waals surface area contributed by atoms with Crippen molar-refractivity contribution in [1.29, 1.82) is 0 Å². The van der Waals surface area contributed by atoms with Gasteiger partial charge in [0, 0.05) is 19.4 Å². The molecular weight excluding hydrogens is 485 g/mol. The molecule has 0 bridgehead atoms. The number of amides is 1. The Morgan fingerprint density at radius 3 is 2.84 bits per heavy atom. The lowest BCUT2D eigenvalue weighted by molar-refractivity contribution is 0.0943. The standard InChI is InChI=1S/C14H16Br2INO/c15-10-5-6-13(17)11(7-10)14(19)18-8-9-3-1-2-4-12(9)16/h5-7,9,12H,1-4,8H2,(H,18,19). The predicted octanol–water partition coefficient (Wildman–Crippen LogP) is 4.74. The van der Waals surface area contributed by atoms with Crippen molar-refractivity contribution in [2.45, 2.75) is 30.5 Å². The number of hydrogen-bond acceptors (Lipinski definition) is 1. The van der Waals surface area contributed by atoms with Crippen LogP contribution in [0.15, 0.2) is 22.7 Å². The van der Waals surface area contributed by atoms with E-state index in [0.717, 1.165) is 20.2 Å². The van der Waals surface area contributed by atoms with E-state index in [-0.39, 0.29) is 5.91 Å². The largest absolute Gasteiger partial charge is 0.352 e. The molecule has 1 saturated carbocycles. The minimum absolute atomic E-state index is 0.0240. The Kier molecular flexibility index (Phi) is 6.14. The molecule has 2 nitrogen and oxygen atoms in total. The van der Waals surface area contributed by atoms with E-state index < -0.39 is 0 Å². The molecule has 1 aliphatic rings.